The van der Waals surface area contributed by atoms with Crippen molar-refractivity contribution in [3.8, 4) is 0 Å². The smallest absolute Gasteiger partial charge is 0.156 e. The van der Waals surface area contributed by atoms with Gasteiger partial charge >= 0.3 is 0 Å². The van der Waals surface area contributed by atoms with Crippen molar-refractivity contribution in [3.05, 3.63) is 53.3 Å². The summed E-state index contributed by atoms with van der Waals surface area (Å²) in [6.07, 6.45) is 6.10. The van der Waals surface area contributed by atoms with Crippen LogP contribution in [0.2, 0.25) is 0 Å². The summed E-state index contributed by atoms with van der Waals surface area (Å²) < 4.78 is 7.82. The topological polar surface area (TPSA) is 30.3 Å². The molecule has 2 aromatic rings. The Morgan fingerprint density at radius 2 is 1.92 bits per heavy atom. The Morgan fingerprint density at radius 3 is 2.60 bits per heavy atom. The van der Waals surface area contributed by atoms with Crippen molar-refractivity contribution in [2.75, 3.05) is 27.2 Å². The van der Waals surface area contributed by atoms with E-state index in [0.29, 0.717) is 6.61 Å². The summed E-state index contributed by atoms with van der Waals surface area (Å²) in [6.45, 7) is 4.87. The molecule has 0 N–H and O–H groups in total. The standard InChI is InChI=1S/C20H30ClN3O/c1-4-5-14-24-19(11-12-22-24)16-17-7-9-18(10-8-17)20(21)25-15-6-13-23(2)3/h7-12,20H,4-6,13-16H2,1-3H3. The van der Waals surface area contributed by atoms with E-state index >= 15 is 0 Å². The number of aryl methyl sites for hydroxylation is 1. The zero-order valence-corrected chi connectivity index (χ0v) is 16.4. The second kappa shape index (κ2) is 10.6. The molecule has 0 saturated carbocycles. The van der Waals surface area contributed by atoms with Crippen LogP contribution in [0.4, 0.5) is 0 Å². The first-order chi connectivity index (χ1) is 12.1. The highest BCUT2D eigenvalue weighted by Crippen LogP contribution is 2.23. The summed E-state index contributed by atoms with van der Waals surface area (Å²) in [5, 5.41) is 4.42. The zero-order valence-electron chi connectivity index (χ0n) is 15.6. The molecule has 0 amide bonds. The molecule has 1 heterocycles. The lowest BCUT2D eigenvalue weighted by Gasteiger charge is -2.14. The highest BCUT2D eigenvalue weighted by atomic mass is 35.5. The number of nitrogens with zero attached hydrogens (tertiary/aromatic N) is 3. The molecule has 0 saturated heterocycles. The SMILES string of the molecule is CCCCn1nccc1Cc1ccc(C(Cl)OCCCN(C)C)cc1. The highest BCUT2D eigenvalue weighted by Gasteiger charge is 2.09. The van der Waals surface area contributed by atoms with E-state index in [0.717, 1.165) is 37.9 Å². The number of hydrogen-bond acceptors (Lipinski definition) is 3. The molecule has 1 aromatic heterocycles. The molecule has 1 unspecified atom stereocenters. The molecule has 0 bridgehead atoms. The van der Waals surface area contributed by atoms with Crippen LogP contribution in [0, 0.1) is 0 Å². The maximum absolute atomic E-state index is 6.35. The first-order valence-electron chi connectivity index (χ1n) is 9.10. The Bertz CT molecular complexity index is 610. The Morgan fingerprint density at radius 1 is 1.16 bits per heavy atom. The maximum atomic E-state index is 6.35. The third kappa shape index (κ3) is 6.81. The van der Waals surface area contributed by atoms with Gasteiger partial charge in [0.1, 0.15) is 0 Å². The van der Waals surface area contributed by atoms with E-state index in [1.807, 2.05) is 6.20 Å². The summed E-state index contributed by atoms with van der Waals surface area (Å²) in [5.41, 5.74) is 3.14. The maximum Gasteiger partial charge on any atom is 0.156 e. The molecule has 0 aliphatic rings. The van der Waals surface area contributed by atoms with E-state index in [1.54, 1.807) is 0 Å². The van der Waals surface area contributed by atoms with Crippen LogP contribution < -0.4 is 0 Å². The molecule has 1 atom stereocenters. The van der Waals surface area contributed by atoms with Crippen LogP contribution in [-0.2, 0) is 17.7 Å². The minimum Gasteiger partial charge on any atom is -0.358 e. The minimum absolute atomic E-state index is 0.383. The van der Waals surface area contributed by atoms with Gasteiger partial charge in [-0.3, -0.25) is 4.68 Å². The van der Waals surface area contributed by atoms with Gasteiger partial charge in [-0.2, -0.15) is 5.10 Å². The fourth-order valence-electron chi connectivity index (χ4n) is 2.68. The van der Waals surface area contributed by atoms with Crippen LogP contribution >= 0.6 is 11.6 Å². The number of benzene rings is 1. The van der Waals surface area contributed by atoms with Crippen LogP contribution in [0.15, 0.2) is 36.5 Å². The quantitative estimate of drug-likeness (QED) is 0.435. The summed E-state index contributed by atoms with van der Waals surface area (Å²) in [6, 6.07) is 10.5. The normalized spacial score (nSPS) is 12.7. The van der Waals surface area contributed by atoms with Crippen molar-refractivity contribution in [1.82, 2.24) is 14.7 Å². The van der Waals surface area contributed by atoms with E-state index in [4.69, 9.17) is 16.3 Å². The van der Waals surface area contributed by atoms with Gasteiger partial charge in [0.25, 0.3) is 0 Å². The van der Waals surface area contributed by atoms with Gasteiger partial charge in [0, 0.05) is 24.9 Å². The molecular formula is C20H30ClN3O. The molecule has 0 radical (unpaired) electrons. The number of hydrogen-bond donors (Lipinski definition) is 0. The van der Waals surface area contributed by atoms with Gasteiger partial charge in [0.15, 0.2) is 5.56 Å². The number of alkyl halides is 1. The first-order valence-corrected chi connectivity index (χ1v) is 9.53. The Labute approximate surface area is 156 Å². The lowest BCUT2D eigenvalue weighted by Crippen LogP contribution is -2.15. The molecule has 4 nitrogen and oxygen atoms in total. The number of rotatable bonds is 11. The van der Waals surface area contributed by atoms with Crippen LogP contribution in [0.1, 0.15) is 48.6 Å². The largest absolute Gasteiger partial charge is 0.358 e. The molecule has 0 spiro atoms. The van der Waals surface area contributed by atoms with E-state index in [-0.39, 0.29) is 5.56 Å². The average Bonchev–Trinajstić information content (AvgIpc) is 3.04. The summed E-state index contributed by atoms with van der Waals surface area (Å²) in [5.74, 6) is 0. The van der Waals surface area contributed by atoms with Crippen molar-refractivity contribution in [2.45, 2.75) is 44.7 Å². The van der Waals surface area contributed by atoms with E-state index in [2.05, 4.69) is 66.0 Å². The second-order valence-electron chi connectivity index (χ2n) is 6.66. The fourth-order valence-corrected chi connectivity index (χ4v) is 2.91. The average molecular weight is 364 g/mol. The molecule has 1 aromatic carbocycles. The molecule has 0 aliphatic carbocycles. The predicted octanol–water partition coefficient (Wildman–Crippen LogP) is 4.48. The van der Waals surface area contributed by atoms with E-state index in [9.17, 15) is 0 Å². The van der Waals surface area contributed by atoms with Gasteiger partial charge in [-0.1, -0.05) is 49.2 Å². The van der Waals surface area contributed by atoms with Crippen molar-refractivity contribution < 1.29 is 4.74 Å². The minimum atomic E-state index is -0.383. The van der Waals surface area contributed by atoms with Crippen LogP contribution in [0.5, 0.6) is 0 Å². The first kappa shape index (κ1) is 20.0. The molecule has 2 rings (SSSR count). The van der Waals surface area contributed by atoms with Crippen LogP contribution in [-0.4, -0.2) is 41.9 Å². The van der Waals surface area contributed by atoms with Gasteiger partial charge in [0.05, 0.1) is 6.61 Å². The van der Waals surface area contributed by atoms with Crippen molar-refractivity contribution in [3.63, 3.8) is 0 Å². The van der Waals surface area contributed by atoms with Crippen LogP contribution in [0.25, 0.3) is 0 Å². The molecule has 25 heavy (non-hydrogen) atoms. The summed E-state index contributed by atoms with van der Waals surface area (Å²) in [7, 11) is 4.12. The second-order valence-corrected chi connectivity index (χ2v) is 7.06. The third-order valence-electron chi connectivity index (χ3n) is 4.17. The molecule has 0 fully saturated rings. The highest BCUT2D eigenvalue weighted by molar-refractivity contribution is 6.19. The fraction of sp³-hybridized carbons (Fsp3) is 0.550. The molecule has 5 heteroatoms. The molecule has 0 aliphatic heterocycles. The van der Waals surface area contributed by atoms with Crippen molar-refractivity contribution in [2.24, 2.45) is 0 Å². The van der Waals surface area contributed by atoms with Crippen molar-refractivity contribution in [1.29, 1.82) is 0 Å². The van der Waals surface area contributed by atoms with Gasteiger partial charge in [-0.15, -0.1) is 0 Å². The van der Waals surface area contributed by atoms with Gasteiger partial charge in [-0.25, -0.2) is 0 Å². The van der Waals surface area contributed by atoms with E-state index in [1.165, 1.54) is 17.7 Å². The number of ether oxygens (including phenoxy) is 1. The third-order valence-corrected chi connectivity index (χ3v) is 4.55. The lowest BCUT2D eigenvalue weighted by atomic mass is 10.1. The monoisotopic (exact) mass is 363 g/mol. The van der Waals surface area contributed by atoms with Gasteiger partial charge in [-0.05, 0) is 50.7 Å². The Balaban J connectivity index is 1.86. The number of aromatic nitrogens is 2. The number of halogens is 1. The predicted molar refractivity (Wildman–Crippen MR) is 104 cm³/mol. The van der Waals surface area contributed by atoms with Crippen LogP contribution in [0.3, 0.4) is 0 Å². The Hall–Kier alpha value is -1.36. The lowest BCUT2D eigenvalue weighted by molar-refractivity contribution is 0.101. The van der Waals surface area contributed by atoms with Gasteiger partial charge in [0.2, 0.25) is 0 Å². The number of unbranched alkanes of at least 4 members (excludes halogenated alkanes) is 1. The summed E-state index contributed by atoms with van der Waals surface area (Å²) in [4.78, 5) is 2.15. The zero-order chi connectivity index (χ0) is 18.1. The Kier molecular flexibility index (Phi) is 8.45. The van der Waals surface area contributed by atoms with E-state index < -0.39 is 0 Å². The van der Waals surface area contributed by atoms with Gasteiger partial charge < -0.3 is 9.64 Å². The molecule has 138 valence electrons. The van der Waals surface area contributed by atoms with Crippen molar-refractivity contribution >= 4 is 11.6 Å². The molecular weight excluding hydrogens is 334 g/mol. The summed E-state index contributed by atoms with van der Waals surface area (Å²) >= 11 is 6.35.